The SMILES string of the molecule is Cc1nc(-c2ccc(-c3ccccc3)cc2)nc(-c2ccc(-c3ccccc3)cc2)n1.Cc1nc(-c2ccccc2)nc(-c2ccc(-c3ccccc3)cc2)n1.Cc1nc(-c2ccccc2)nc(-c2ccc3c(c2)oc2ccccc23)n1.Cc1nc(-c2ccccc2)nc(-c2cccc(-c3ccccc3)c2)n1.Cc1nc(-c2ccccc2)nc(-c2ccccc2)n1. The van der Waals surface area contributed by atoms with Crippen molar-refractivity contribution in [1.29, 1.82) is 0 Å². The molecule has 0 aliphatic heterocycles. The molecule has 126 heavy (non-hydrogen) atoms. The molecular formula is C110H83N15O. The predicted molar refractivity (Wildman–Crippen MR) is 506 cm³/mol. The van der Waals surface area contributed by atoms with Crippen LogP contribution in [0.2, 0.25) is 0 Å². The van der Waals surface area contributed by atoms with E-state index in [1.807, 2.05) is 302 Å². The van der Waals surface area contributed by atoms with Gasteiger partial charge in [-0.2, -0.15) is 0 Å². The van der Waals surface area contributed by atoms with Gasteiger partial charge < -0.3 is 4.42 Å². The van der Waals surface area contributed by atoms with E-state index in [4.69, 9.17) is 9.40 Å². The van der Waals surface area contributed by atoms with E-state index < -0.39 is 0 Å². The van der Waals surface area contributed by atoms with E-state index in [0.29, 0.717) is 75.7 Å². The summed E-state index contributed by atoms with van der Waals surface area (Å²) in [4.78, 5) is 68.3. The maximum atomic E-state index is 5.99. The molecule has 604 valence electrons. The lowest BCUT2D eigenvalue weighted by molar-refractivity contribution is 0.669. The molecule has 6 aromatic heterocycles. The average molecular weight is 1630 g/mol. The minimum Gasteiger partial charge on any atom is -0.456 e. The molecule has 21 rings (SSSR count). The van der Waals surface area contributed by atoms with E-state index in [0.717, 1.165) is 94.8 Å². The molecule has 0 bridgehead atoms. The second kappa shape index (κ2) is 39.1. The molecule has 0 aliphatic carbocycles. The third-order valence-electron chi connectivity index (χ3n) is 20.5. The quantitative estimate of drug-likeness (QED) is 0.0992. The number of aryl methyl sites for hydroxylation is 5. The maximum absolute atomic E-state index is 5.99. The van der Waals surface area contributed by atoms with Gasteiger partial charge in [0.05, 0.1) is 0 Å². The van der Waals surface area contributed by atoms with Gasteiger partial charge in [0.1, 0.15) is 40.3 Å². The highest BCUT2D eigenvalue weighted by Crippen LogP contribution is 2.35. The summed E-state index contributed by atoms with van der Waals surface area (Å²) in [6.07, 6.45) is 0. The van der Waals surface area contributed by atoms with Crippen LogP contribution in [0.15, 0.2) is 417 Å². The fourth-order valence-electron chi connectivity index (χ4n) is 14.3. The Balaban J connectivity index is 0.000000112. The number of rotatable bonds is 14. The van der Waals surface area contributed by atoms with E-state index in [2.05, 4.69) is 215 Å². The second-order valence-electron chi connectivity index (χ2n) is 29.6. The third kappa shape index (κ3) is 20.4. The van der Waals surface area contributed by atoms with Crippen LogP contribution in [0.5, 0.6) is 0 Å². The van der Waals surface area contributed by atoms with Crippen LogP contribution in [0, 0.1) is 34.6 Å². The minimum absolute atomic E-state index is 0.652. The molecule has 0 unspecified atom stereocenters. The Morgan fingerprint density at radius 3 is 0.579 bits per heavy atom. The summed E-state index contributed by atoms with van der Waals surface area (Å²) in [6, 6.07) is 139. The van der Waals surface area contributed by atoms with Crippen LogP contribution < -0.4 is 0 Å². The second-order valence-corrected chi connectivity index (χ2v) is 29.6. The van der Waals surface area contributed by atoms with Crippen molar-refractivity contribution < 1.29 is 4.42 Å². The van der Waals surface area contributed by atoms with Crippen molar-refractivity contribution in [2.24, 2.45) is 0 Å². The highest BCUT2D eigenvalue weighted by Gasteiger charge is 2.17. The molecule has 15 aromatic carbocycles. The van der Waals surface area contributed by atoms with E-state index in [9.17, 15) is 0 Å². The number of aromatic nitrogens is 15. The topological polar surface area (TPSA) is 206 Å². The van der Waals surface area contributed by atoms with Gasteiger partial charge in [-0.15, -0.1) is 0 Å². The summed E-state index contributed by atoms with van der Waals surface area (Å²) in [5.74, 6) is 10.5. The van der Waals surface area contributed by atoms with Crippen molar-refractivity contribution >= 4 is 21.9 Å². The first-order chi connectivity index (χ1) is 61.9. The predicted octanol–water partition coefficient (Wildman–Crippen LogP) is 26.1. The molecule has 16 nitrogen and oxygen atoms in total. The zero-order valence-electron chi connectivity index (χ0n) is 69.9. The summed E-state index contributed by atoms with van der Waals surface area (Å²) in [6.45, 7) is 9.48. The van der Waals surface area contributed by atoms with Gasteiger partial charge in [-0.1, -0.05) is 388 Å². The molecule has 0 spiro atoms. The first-order valence-corrected chi connectivity index (χ1v) is 41.4. The van der Waals surface area contributed by atoms with E-state index >= 15 is 0 Å². The van der Waals surface area contributed by atoms with Gasteiger partial charge in [-0.25, -0.2) is 74.8 Å². The van der Waals surface area contributed by atoms with Crippen LogP contribution in [0.25, 0.3) is 180 Å². The van der Waals surface area contributed by atoms with Crippen molar-refractivity contribution in [2.75, 3.05) is 0 Å². The maximum Gasteiger partial charge on any atom is 0.163 e. The molecule has 0 saturated heterocycles. The largest absolute Gasteiger partial charge is 0.456 e. The third-order valence-corrected chi connectivity index (χ3v) is 20.5. The Morgan fingerprint density at radius 1 is 0.127 bits per heavy atom. The minimum atomic E-state index is 0.652. The lowest BCUT2D eigenvalue weighted by Gasteiger charge is -2.08. The number of hydrogen-bond acceptors (Lipinski definition) is 16. The number of benzene rings is 15. The zero-order chi connectivity index (χ0) is 85.8. The summed E-state index contributed by atoms with van der Waals surface area (Å²) in [5.41, 5.74) is 21.0. The normalized spacial score (nSPS) is 10.7. The van der Waals surface area contributed by atoms with Gasteiger partial charge in [-0.05, 0) is 103 Å². The van der Waals surface area contributed by atoms with E-state index in [1.54, 1.807) is 0 Å². The summed E-state index contributed by atoms with van der Waals surface area (Å²) < 4.78 is 5.99. The Kier molecular flexibility index (Phi) is 25.3. The molecule has 0 radical (unpaired) electrons. The standard InChI is InChI=1S/C28H21N3.C22H15N3O.2C22H17N3.C16H13N3/c1-20-29-27(25-16-12-23(13-17-25)21-8-4-2-5-9-21)31-28(30-20)26-18-14-24(15-19-26)22-10-6-3-7-11-22;1-14-23-21(15-7-3-2-4-8-15)25-22(24-14)16-11-12-18-17-9-5-6-10-19(17)26-20(18)13-16;1-16-23-21(18-11-6-3-7-12-18)25-22(24-16)20-14-8-13-19(15-20)17-9-4-2-5-10-17;1-16-23-21(19-10-6-3-7-11-19)25-22(24-16)20-14-12-18(13-15-20)17-8-4-2-5-9-17;1-12-17-15(13-8-4-2-5-9-13)19-16(18-12)14-10-6-3-7-11-14/h2-19H,1H3;2-13H,1H3;2*2-15H,1H3;2-11H,1H3. The lowest BCUT2D eigenvalue weighted by atomic mass is 10.0. The number of nitrogens with zero attached hydrogens (tertiary/aromatic N) is 15. The number of para-hydroxylation sites is 1. The van der Waals surface area contributed by atoms with Gasteiger partial charge in [0.2, 0.25) is 0 Å². The van der Waals surface area contributed by atoms with Gasteiger partial charge in [0.25, 0.3) is 0 Å². The molecule has 16 heteroatoms. The molecule has 6 heterocycles. The van der Waals surface area contributed by atoms with E-state index in [1.165, 1.54) is 38.9 Å². The van der Waals surface area contributed by atoms with Gasteiger partial charge in [0, 0.05) is 66.4 Å². The van der Waals surface area contributed by atoms with Crippen LogP contribution in [0.3, 0.4) is 0 Å². The summed E-state index contributed by atoms with van der Waals surface area (Å²) in [7, 11) is 0. The highest BCUT2D eigenvalue weighted by molar-refractivity contribution is 6.05. The summed E-state index contributed by atoms with van der Waals surface area (Å²) in [5, 5.41) is 2.21. The van der Waals surface area contributed by atoms with Crippen LogP contribution in [0.1, 0.15) is 29.1 Å². The van der Waals surface area contributed by atoms with Crippen molar-refractivity contribution in [1.82, 2.24) is 74.8 Å². The van der Waals surface area contributed by atoms with Crippen molar-refractivity contribution in [3.8, 4) is 158 Å². The number of hydrogen-bond donors (Lipinski definition) is 0. The molecule has 0 aliphatic rings. The first kappa shape index (κ1) is 81.5. The number of fused-ring (bicyclic) bond motifs is 3. The molecular weight excluding hydrogens is 1550 g/mol. The number of furan rings is 1. The van der Waals surface area contributed by atoms with Crippen molar-refractivity contribution in [3.05, 3.63) is 442 Å². The average Bonchev–Trinajstić information content (AvgIpc) is 1.62. The Bertz CT molecular complexity index is 7040. The van der Waals surface area contributed by atoms with Crippen LogP contribution in [-0.2, 0) is 0 Å². The molecule has 0 atom stereocenters. The molecule has 0 N–H and O–H groups in total. The smallest absolute Gasteiger partial charge is 0.163 e. The monoisotopic (exact) mass is 1630 g/mol. The van der Waals surface area contributed by atoms with Crippen LogP contribution in [-0.4, -0.2) is 74.8 Å². The van der Waals surface area contributed by atoms with Crippen molar-refractivity contribution in [2.45, 2.75) is 34.6 Å². The van der Waals surface area contributed by atoms with Crippen LogP contribution >= 0.6 is 0 Å². The molecule has 0 fully saturated rings. The molecule has 0 saturated carbocycles. The van der Waals surface area contributed by atoms with Gasteiger partial charge in [0.15, 0.2) is 58.2 Å². The Morgan fingerprint density at radius 2 is 0.302 bits per heavy atom. The lowest BCUT2D eigenvalue weighted by Crippen LogP contribution is -1.99. The van der Waals surface area contributed by atoms with Gasteiger partial charge >= 0.3 is 0 Å². The molecule has 21 aromatic rings. The molecule has 0 amide bonds. The highest BCUT2D eigenvalue weighted by atomic mass is 16.3. The Labute approximate surface area is 731 Å². The van der Waals surface area contributed by atoms with Gasteiger partial charge in [-0.3, -0.25) is 0 Å². The summed E-state index contributed by atoms with van der Waals surface area (Å²) >= 11 is 0. The Hall–Kier alpha value is -16.9. The van der Waals surface area contributed by atoms with E-state index in [-0.39, 0.29) is 0 Å². The van der Waals surface area contributed by atoms with Crippen LogP contribution in [0.4, 0.5) is 0 Å². The fraction of sp³-hybridized carbons (Fsp3) is 0.0455. The van der Waals surface area contributed by atoms with Crippen molar-refractivity contribution in [3.63, 3.8) is 0 Å². The fourth-order valence-corrected chi connectivity index (χ4v) is 14.3. The first-order valence-electron chi connectivity index (χ1n) is 41.4. The zero-order valence-corrected chi connectivity index (χ0v) is 69.9.